The van der Waals surface area contributed by atoms with Crippen molar-refractivity contribution in [2.24, 2.45) is 0 Å². The van der Waals surface area contributed by atoms with Crippen molar-refractivity contribution in [3.63, 3.8) is 0 Å². The maximum atomic E-state index is 11.9. The molecule has 1 heterocycles. The summed E-state index contributed by atoms with van der Waals surface area (Å²) in [7, 11) is 0. The van der Waals surface area contributed by atoms with Crippen LogP contribution in [0.4, 0.5) is 5.69 Å². The van der Waals surface area contributed by atoms with E-state index in [0.717, 1.165) is 0 Å². The zero-order valence-electron chi connectivity index (χ0n) is 13.3. The number of para-hydroxylation sites is 1. The molecule has 24 heavy (non-hydrogen) atoms. The van der Waals surface area contributed by atoms with Crippen LogP contribution in [0, 0.1) is 6.92 Å². The van der Waals surface area contributed by atoms with Gasteiger partial charge in [-0.3, -0.25) is 4.79 Å². The molecular weight excluding hydrogens is 314 g/mol. The lowest BCUT2D eigenvalue weighted by Gasteiger charge is -2.10. The highest BCUT2D eigenvalue weighted by Gasteiger charge is 2.16. The summed E-state index contributed by atoms with van der Waals surface area (Å²) in [6, 6.07) is 9.49. The van der Waals surface area contributed by atoms with E-state index < -0.39 is 24.5 Å². The first kappa shape index (κ1) is 17.3. The lowest BCUT2D eigenvalue weighted by atomic mass is 10.2. The number of ether oxygens (including phenoxy) is 2. The Bertz CT molecular complexity index is 749. The minimum absolute atomic E-state index is 0.0206. The van der Waals surface area contributed by atoms with E-state index in [1.54, 1.807) is 38.1 Å². The number of anilines is 1. The van der Waals surface area contributed by atoms with Crippen LogP contribution in [0.2, 0.25) is 0 Å². The average molecular weight is 331 g/mol. The number of carbonyl (C=O) groups excluding carboxylic acids is 3. The highest BCUT2D eigenvalue weighted by molar-refractivity contribution is 6.02. The van der Waals surface area contributed by atoms with Crippen molar-refractivity contribution in [1.29, 1.82) is 0 Å². The fraction of sp³-hybridized carbons (Fsp3) is 0.235. The monoisotopic (exact) mass is 331 g/mol. The highest BCUT2D eigenvalue weighted by Crippen LogP contribution is 2.16. The Morgan fingerprint density at radius 1 is 1.04 bits per heavy atom. The van der Waals surface area contributed by atoms with E-state index in [2.05, 4.69) is 5.32 Å². The molecule has 0 saturated carbocycles. The van der Waals surface area contributed by atoms with Gasteiger partial charge in [0.15, 0.2) is 6.61 Å². The summed E-state index contributed by atoms with van der Waals surface area (Å²) in [6.07, 6.45) is 0. The number of furan rings is 1. The number of amides is 1. The summed E-state index contributed by atoms with van der Waals surface area (Å²) < 4.78 is 14.9. The molecule has 2 aromatic rings. The number of hydrogen-bond acceptors (Lipinski definition) is 6. The number of rotatable bonds is 6. The Hall–Kier alpha value is -3.09. The summed E-state index contributed by atoms with van der Waals surface area (Å²) in [5, 5.41) is 2.51. The topological polar surface area (TPSA) is 94.8 Å². The molecule has 0 atom stereocenters. The van der Waals surface area contributed by atoms with E-state index in [1.807, 2.05) is 0 Å². The Balaban J connectivity index is 1.95. The molecule has 1 aromatic heterocycles. The fourth-order valence-electron chi connectivity index (χ4n) is 1.91. The van der Waals surface area contributed by atoms with E-state index in [9.17, 15) is 14.4 Å². The highest BCUT2D eigenvalue weighted by atomic mass is 16.5. The zero-order valence-corrected chi connectivity index (χ0v) is 13.3. The predicted molar refractivity (Wildman–Crippen MR) is 84.8 cm³/mol. The molecule has 126 valence electrons. The van der Waals surface area contributed by atoms with Gasteiger partial charge in [-0.05, 0) is 38.1 Å². The van der Waals surface area contributed by atoms with Gasteiger partial charge < -0.3 is 19.2 Å². The molecule has 0 unspecified atom stereocenters. The minimum Gasteiger partial charge on any atom is -0.462 e. The number of nitrogens with one attached hydrogen (secondary N) is 1. The maximum absolute atomic E-state index is 11.9. The van der Waals surface area contributed by atoms with Gasteiger partial charge in [-0.1, -0.05) is 12.1 Å². The first-order chi connectivity index (χ1) is 11.5. The summed E-state index contributed by atoms with van der Waals surface area (Å²) in [5.41, 5.74) is 0.506. The van der Waals surface area contributed by atoms with Gasteiger partial charge >= 0.3 is 11.9 Å². The van der Waals surface area contributed by atoms with Crippen LogP contribution >= 0.6 is 0 Å². The van der Waals surface area contributed by atoms with E-state index in [1.165, 1.54) is 12.1 Å². The molecule has 0 saturated heterocycles. The quantitative estimate of drug-likeness (QED) is 0.818. The van der Waals surface area contributed by atoms with E-state index in [0.29, 0.717) is 5.76 Å². The lowest BCUT2D eigenvalue weighted by molar-refractivity contribution is -0.119. The molecule has 0 spiro atoms. The average Bonchev–Trinajstić information content (AvgIpc) is 3.00. The van der Waals surface area contributed by atoms with E-state index >= 15 is 0 Å². The van der Waals surface area contributed by atoms with Crippen LogP contribution in [0.1, 0.15) is 33.6 Å². The summed E-state index contributed by atoms with van der Waals surface area (Å²) in [6.45, 7) is 3.10. The van der Waals surface area contributed by atoms with Crippen LogP contribution in [0.25, 0.3) is 0 Å². The van der Waals surface area contributed by atoms with Crippen molar-refractivity contribution >= 4 is 23.5 Å². The van der Waals surface area contributed by atoms with Crippen molar-refractivity contribution in [2.45, 2.75) is 13.8 Å². The van der Waals surface area contributed by atoms with Crippen LogP contribution in [0.15, 0.2) is 40.8 Å². The van der Waals surface area contributed by atoms with Gasteiger partial charge in [0.05, 0.1) is 17.9 Å². The molecular formula is C17H17NO6. The summed E-state index contributed by atoms with van der Waals surface area (Å²) >= 11 is 0. The molecule has 2 rings (SSSR count). The molecule has 0 radical (unpaired) electrons. The fourth-order valence-corrected chi connectivity index (χ4v) is 1.91. The maximum Gasteiger partial charge on any atom is 0.374 e. The first-order valence-corrected chi connectivity index (χ1v) is 7.30. The molecule has 0 aliphatic rings. The van der Waals surface area contributed by atoms with Crippen molar-refractivity contribution in [2.75, 3.05) is 18.5 Å². The third-order valence-electron chi connectivity index (χ3n) is 2.97. The zero-order chi connectivity index (χ0) is 17.5. The van der Waals surface area contributed by atoms with E-state index in [-0.39, 0.29) is 23.6 Å². The van der Waals surface area contributed by atoms with Gasteiger partial charge in [0.25, 0.3) is 5.91 Å². The van der Waals surface area contributed by atoms with Gasteiger partial charge in [0.1, 0.15) is 5.76 Å². The van der Waals surface area contributed by atoms with Crippen molar-refractivity contribution in [3.8, 4) is 0 Å². The molecule has 0 aliphatic heterocycles. The van der Waals surface area contributed by atoms with Gasteiger partial charge in [-0.2, -0.15) is 0 Å². The van der Waals surface area contributed by atoms with Crippen molar-refractivity contribution < 1.29 is 28.3 Å². The van der Waals surface area contributed by atoms with Crippen molar-refractivity contribution in [3.05, 3.63) is 53.5 Å². The molecule has 1 aromatic carbocycles. The Morgan fingerprint density at radius 3 is 2.46 bits per heavy atom. The predicted octanol–water partition coefficient (Wildman–Crippen LogP) is 2.56. The largest absolute Gasteiger partial charge is 0.462 e. The normalized spacial score (nSPS) is 10.1. The summed E-state index contributed by atoms with van der Waals surface area (Å²) in [5.74, 6) is -1.28. The van der Waals surface area contributed by atoms with Crippen LogP contribution < -0.4 is 5.32 Å². The third kappa shape index (κ3) is 4.45. The molecule has 0 fully saturated rings. The second-order valence-electron chi connectivity index (χ2n) is 4.80. The molecule has 7 heteroatoms. The van der Waals surface area contributed by atoms with Crippen molar-refractivity contribution in [1.82, 2.24) is 0 Å². The van der Waals surface area contributed by atoms with Gasteiger partial charge in [0.2, 0.25) is 5.76 Å². The van der Waals surface area contributed by atoms with Crippen LogP contribution in [0.5, 0.6) is 0 Å². The second-order valence-corrected chi connectivity index (χ2v) is 4.80. The Morgan fingerprint density at radius 2 is 1.79 bits per heavy atom. The molecule has 0 aliphatic carbocycles. The van der Waals surface area contributed by atoms with Gasteiger partial charge in [-0.15, -0.1) is 0 Å². The van der Waals surface area contributed by atoms with Crippen LogP contribution in [-0.2, 0) is 14.3 Å². The molecule has 7 nitrogen and oxygen atoms in total. The van der Waals surface area contributed by atoms with E-state index in [4.69, 9.17) is 13.9 Å². The first-order valence-electron chi connectivity index (χ1n) is 7.30. The summed E-state index contributed by atoms with van der Waals surface area (Å²) in [4.78, 5) is 35.4. The molecule has 0 bridgehead atoms. The molecule has 1 N–H and O–H groups in total. The second kappa shape index (κ2) is 7.96. The van der Waals surface area contributed by atoms with Gasteiger partial charge in [0, 0.05) is 0 Å². The van der Waals surface area contributed by atoms with Gasteiger partial charge in [-0.25, -0.2) is 9.59 Å². The number of hydrogen-bond donors (Lipinski definition) is 1. The Kier molecular flexibility index (Phi) is 5.73. The SMILES string of the molecule is CCOC(=O)c1ccccc1NC(=O)COC(=O)c1ccc(C)o1. The van der Waals surface area contributed by atoms with Crippen LogP contribution in [-0.4, -0.2) is 31.1 Å². The third-order valence-corrected chi connectivity index (χ3v) is 2.97. The number of aryl methyl sites for hydroxylation is 1. The number of carbonyl (C=O) groups is 3. The number of esters is 2. The molecule has 1 amide bonds. The van der Waals surface area contributed by atoms with Crippen LogP contribution in [0.3, 0.4) is 0 Å². The number of benzene rings is 1. The lowest BCUT2D eigenvalue weighted by Crippen LogP contribution is -2.22. The minimum atomic E-state index is -0.739. The standard InChI is InChI=1S/C17H17NO6/c1-3-22-16(20)12-6-4-5-7-13(12)18-15(19)10-23-17(21)14-9-8-11(2)24-14/h4-9H,3,10H2,1-2H3,(H,18,19). The smallest absolute Gasteiger partial charge is 0.374 e. The Labute approximate surface area is 138 Å².